The molecule has 4 rings (SSSR count). The first-order valence-electron chi connectivity index (χ1n) is 10.6. The van der Waals surface area contributed by atoms with Gasteiger partial charge in [-0.2, -0.15) is 0 Å². The summed E-state index contributed by atoms with van der Waals surface area (Å²) in [5.74, 6) is -0.0351. The Kier molecular flexibility index (Phi) is 5.81. The molecule has 2 aromatic heterocycles. The number of esters is 1. The highest BCUT2D eigenvalue weighted by Gasteiger charge is 2.27. The Morgan fingerprint density at radius 1 is 1.09 bits per heavy atom. The Morgan fingerprint density at radius 2 is 1.78 bits per heavy atom. The molecule has 0 saturated carbocycles. The topological polar surface area (TPSA) is 89.0 Å². The summed E-state index contributed by atoms with van der Waals surface area (Å²) in [5, 5.41) is 3.11. The van der Waals surface area contributed by atoms with Gasteiger partial charge in [-0.25, -0.2) is 9.78 Å². The number of benzene rings is 2. The van der Waals surface area contributed by atoms with Gasteiger partial charge in [0.2, 0.25) is 0 Å². The maximum atomic E-state index is 13.4. The molecule has 2 N–H and O–H groups in total. The van der Waals surface area contributed by atoms with E-state index in [4.69, 9.17) is 9.72 Å². The van der Waals surface area contributed by atoms with Crippen molar-refractivity contribution in [3.05, 3.63) is 88.5 Å². The summed E-state index contributed by atoms with van der Waals surface area (Å²) in [6, 6.07) is 17.1. The fraction of sp³-hybridized carbons (Fsp3) is 0.240. The Bertz CT molecular complexity index is 1290. The highest BCUT2D eigenvalue weighted by atomic mass is 16.5. The lowest BCUT2D eigenvalue weighted by Crippen LogP contribution is -2.31. The fourth-order valence-corrected chi connectivity index (χ4v) is 4.05. The van der Waals surface area contributed by atoms with Crippen LogP contribution in [-0.2, 0) is 11.8 Å². The highest BCUT2D eigenvalue weighted by molar-refractivity contribution is 6.00. The van der Waals surface area contributed by atoms with Gasteiger partial charge in [0.1, 0.15) is 17.6 Å². The number of nitrogens with one attached hydrogen (secondary N) is 2. The number of ether oxygens (including phenoxy) is 1. The number of aromatic amines is 1. The van der Waals surface area contributed by atoms with Crippen LogP contribution in [0.4, 0.5) is 0 Å². The van der Waals surface area contributed by atoms with E-state index in [0.29, 0.717) is 22.5 Å². The van der Waals surface area contributed by atoms with Crippen molar-refractivity contribution in [3.63, 3.8) is 0 Å². The average molecular weight is 431 g/mol. The van der Waals surface area contributed by atoms with Gasteiger partial charge >= 0.3 is 5.97 Å². The van der Waals surface area contributed by atoms with Gasteiger partial charge in [0.15, 0.2) is 0 Å². The first-order valence-corrected chi connectivity index (χ1v) is 10.6. The number of aromatic nitrogens is 3. The van der Waals surface area contributed by atoms with Crippen LogP contribution in [-0.4, -0.2) is 33.0 Å². The van der Waals surface area contributed by atoms with Gasteiger partial charge in [0.25, 0.3) is 5.91 Å². The van der Waals surface area contributed by atoms with Gasteiger partial charge in [0.05, 0.1) is 23.2 Å². The summed E-state index contributed by atoms with van der Waals surface area (Å²) in [6.07, 6.45) is 0. The lowest BCUT2D eigenvalue weighted by atomic mass is 10.1. The van der Waals surface area contributed by atoms with Gasteiger partial charge in [-0.05, 0) is 44.0 Å². The van der Waals surface area contributed by atoms with E-state index in [2.05, 4.69) is 10.3 Å². The predicted molar refractivity (Wildman–Crippen MR) is 123 cm³/mol. The van der Waals surface area contributed by atoms with Crippen LogP contribution in [0.25, 0.3) is 11.0 Å². The van der Waals surface area contributed by atoms with Crippen LogP contribution in [0.2, 0.25) is 0 Å². The molecule has 0 fully saturated rings. The minimum Gasteiger partial charge on any atom is -0.462 e. The Hall–Kier alpha value is -3.87. The van der Waals surface area contributed by atoms with E-state index in [1.807, 2.05) is 66.2 Å². The van der Waals surface area contributed by atoms with Gasteiger partial charge < -0.3 is 19.6 Å². The third kappa shape index (κ3) is 3.77. The molecule has 0 aliphatic carbocycles. The largest absolute Gasteiger partial charge is 0.462 e. The van der Waals surface area contributed by atoms with E-state index in [1.54, 1.807) is 20.8 Å². The predicted octanol–water partition coefficient (Wildman–Crippen LogP) is 4.21. The van der Waals surface area contributed by atoms with Gasteiger partial charge in [-0.1, -0.05) is 42.5 Å². The van der Waals surface area contributed by atoms with Gasteiger partial charge in [0, 0.05) is 12.7 Å². The number of hydrogen-bond donors (Lipinski definition) is 2. The van der Waals surface area contributed by atoms with Crippen LogP contribution in [0.1, 0.15) is 56.5 Å². The molecule has 0 aliphatic rings. The van der Waals surface area contributed by atoms with E-state index in [-0.39, 0.29) is 12.5 Å². The summed E-state index contributed by atoms with van der Waals surface area (Å²) < 4.78 is 7.14. The minimum atomic E-state index is -0.477. The second-order valence-electron chi connectivity index (χ2n) is 7.68. The molecule has 1 atom stereocenters. The zero-order chi connectivity index (χ0) is 22.8. The van der Waals surface area contributed by atoms with E-state index >= 15 is 0 Å². The molecule has 4 aromatic rings. The molecule has 1 unspecified atom stereocenters. The summed E-state index contributed by atoms with van der Waals surface area (Å²) in [4.78, 5) is 33.6. The molecule has 2 heterocycles. The van der Waals surface area contributed by atoms with Crippen LogP contribution in [0.3, 0.4) is 0 Å². The van der Waals surface area contributed by atoms with Gasteiger partial charge in [-0.3, -0.25) is 4.79 Å². The molecule has 7 heteroatoms. The number of hydrogen-bond acceptors (Lipinski definition) is 4. The van der Waals surface area contributed by atoms with Crippen molar-refractivity contribution in [2.45, 2.75) is 26.8 Å². The lowest BCUT2D eigenvalue weighted by molar-refractivity contribution is 0.0525. The van der Waals surface area contributed by atoms with Crippen LogP contribution >= 0.6 is 0 Å². The van der Waals surface area contributed by atoms with E-state index in [1.165, 1.54) is 0 Å². The molecule has 0 aliphatic heterocycles. The smallest absolute Gasteiger partial charge is 0.340 e. The highest BCUT2D eigenvalue weighted by Crippen LogP contribution is 2.26. The number of H-pyrrole nitrogens is 1. The standard InChI is InChI=1S/C25H26N4O3/c1-5-32-25(31)20-15(2)21(26-16(20)3)24(30)28-22(17-11-7-6-8-12-17)23-27-18-13-9-10-14-19(18)29(23)4/h6-14,22,26H,5H2,1-4H3,(H,28,30). The van der Waals surface area contributed by atoms with Crippen molar-refractivity contribution in [2.24, 2.45) is 7.05 Å². The summed E-state index contributed by atoms with van der Waals surface area (Å²) in [5.41, 5.74) is 4.65. The van der Waals surface area contributed by atoms with Crippen molar-refractivity contribution < 1.29 is 14.3 Å². The molecule has 164 valence electrons. The molecule has 0 bridgehead atoms. The van der Waals surface area contributed by atoms with E-state index in [9.17, 15) is 9.59 Å². The van der Waals surface area contributed by atoms with Crippen LogP contribution in [0.5, 0.6) is 0 Å². The molecule has 2 aromatic carbocycles. The molecule has 0 radical (unpaired) electrons. The summed E-state index contributed by atoms with van der Waals surface area (Å²) in [7, 11) is 1.94. The normalized spacial score (nSPS) is 12.0. The maximum Gasteiger partial charge on any atom is 0.340 e. The summed E-state index contributed by atoms with van der Waals surface area (Å²) in [6.45, 7) is 5.53. The number of carbonyl (C=O) groups is 2. The quantitative estimate of drug-likeness (QED) is 0.449. The number of aryl methyl sites for hydroxylation is 2. The van der Waals surface area contributed by atoms with Crippen molar-refractivity contribution in [3.8, 4) is 0 Å². The van der Waals surface area contributed by atoms with Crippen LogP contribution < -0.4 is 5.32 Å². The monoisotopic (exact) mass is 430 g/mol. The first-order chi connectivity index (χ1) is 15.4. The number of amides is 1. The summed E-state index contributed by atoms with van der Waals surface area (Å²) >= 11 is 0. The second-order valence-corrected chi connectivity index (χ2v) is 7.68. The van der Waals surface area contributed by atoms with Crippen molar-refractivity contribution >= 4 is 22.9 Å². The van der Waals surface area contributed by atoms with Crippen molar-refractivity contribution in [1.29, 1.82) is 0 Å². The number of nitrogens with zero attached hydrogens (tertiary/aromatic N) is 2. The average Bonchev–Trinajstić information content (AvgIpc) is 3.28. The fourth-order valence-electron chi connectivity index (χ4n) is 4.05. The maximum absolute atomic E-state index is 13.4. The molecular weight excluding hydrogens is 404 g/mol. The van der Waals surface area contributed by atoms with E-state index in [0.717, 1.165) is 22.4 Å². The Morgan fingerprint density at radius 3 is 2.47 bits per heavy atom. The number of carbonyl (C=O) groups excluding carboxylic acids is 2. The van der Waals surface area contributed by atoms with Crippen LogP contribution in [0, 0.1) is 13.8 Å². The molecular formula is C25H26N4O3. The number of rotatable bonds is 6. The van der Waals surface area contributed by atoms with Crippen molar-refractivity contribution in [2.75, 3.05) is 6.61 Å². The third-order valence-corrected chi connectivity index (χ3v) is 5.63. The minimum absolute atomic E-state index is 0.271. The number of imidazole rings is 1. The zero-order valence-electron chi connectivity index (χ0n) is 18.6. The first kappa shape index (κ1) is 21.4. The lowest BCUT2D eigenvalue weighted by Gasteiger charge is -2.19. The third-order valence-electron chi connectivity index (χ3n) is 5.63. The molecule has 1 amide bonds. The molecule has 0 saturated heterocycles. The Labute approximate surface area is 186 Å². The van der Waals surface area contributed by atoms with Crippen LogP contribution in [0.15, 0.2) is 54.6 Å². The SMILES string of the molecule is CCOC(=O)c1c(C)[nH]c(C(=O)NC(c2ccccc2)c2nc3ccccc3n2C)c1C. The Balaban J connectivity index is 1.74. The van der Waals surface area contributed by atoms with Gasteiger partial charge in [-0.15, -0.1) is 0 Å². The molecule has 32 heavy (non-hydrogen) atoms. The van der Waals surface area contributed by atoms with Crippen molar-refractivity contribution in [1.82, 2.24) is 19.9 Å². The zero-order valence-corrected chi connectivity index (χ0v) is 18.6. The molecule has 7 nitrogen and oxygen atoms in total. The molecule has 0 spiro atoms. The second kappa shape index (κ2) is 8.70. The number of fused-ring (bicyclic) bond motifs is 1. The van der Waals surface area contributed by atoms with E-state index < -0.39 is 12.0 Å². The number of para-hydroxylation sites is 2.